The van der Waals surface area contributed by atoms with Crippen LogP contribution in [0.5, 0.6) is 0 Å². The highest BCUT2D eigenvalue weighted by Crippen LogP contribution is 2.43. The molecule has 0 aromatic heterocycles. The number of carbonyl (C=O) groups is 2. The molecule has 0 aromatic carbocycles. The minimum atomic E-state index is -4.34. The van der Waals surface area contributed by atoms with Gasteiger partial charge in [-0.05, 0) is 12.8 Å². The molecule has 0 heterocycles. The summed E-state index contributed by atoms with van der Waals surface area (Å²) in [6.07, 6.45) is 20.5. The molecule has 0 aliphatic carbocycles. The van der Waals surface area contributed by atoms with E-state index >= 15 is 0 Å². The molecule has 39 heavy (non-hydrogen) atoms. The Bertz CT molecular complexity index is 634. The highest BCUT2D eigenvalue weighted by molar-refractivity contribution is 7.47. The molecule has 0 radical (unpaired) electrons. The molecule has 0 rings (SSSR count). The van der Waals surface area contributed by atoms with Crippen LogP contribution in [0.25, 0.3) is 0 Å². The molecule has 0 aliphatic rings. The highest BCUT2D eigenvalue weighted by atomic mass is 31.2. The van der Waals surface area contributed by atoms with Gasteiger partial charge in [-0.1, -0.05) is 117 Å². The fourth-order valence-electron chi connectivity index (χ4n) is 4.16. The summed E-state index contributed by atoms with van der Waals surface area (Å²) in [7, 11) is -4.34. The topological polar surface area (TPSA) is 134 Å². The van der Waals surface area contributed by atoms with Crippen molar-refractivity contribution < 1.29 is 37.6 Å². The van der Waals surface area contributed by atoms with E-state index in [-0.39, 0.29) is 32.6 Å². The van der Waals surface area contributed by atoms with Gasteiger partial charge in [0.05, 0.1) is 13.2 Å². The zero-order valence-corrected chi connectivity index (χ0v) is 25.8. The van der Waals surface area contributed by atoms with Gasteiger partial charge in [0.25, 0.3) is 0 Å². The Morgan fingerprint density at radius 2 is 1.10 bits per heavy atom. The number of hydrogen-bond acceptors (Lipinski definition) is 8. The molecule has 9 nitrogen and oxygen atoms in total. The van der Waals surface area contributed by atoms with E-state index in [2.05, 4.69) is 13.8 Å². The molecule has 0 amide bonds. The average molecular weight is 580 g/mol. The number of hydrogen-bond donors (Lipinski definition) is 2. The first-order chi connectivity index (χ1) is 18.8. The molecule has 1 unspecified atom stereocenters. The smallest absolute Gasteiger partial charge is 0.462 e. The van der Waals surface area contributed by atoms with Crippen LogP contribution in [0.2, 0.25) is 0 Å². The monoisotopic (exact) mass is 579 g/mol. The summed E-state index contributed by atoms with van der Waals surface area (Å²) >= 11 is 0. The Morgan fingerprint density at radius 1 is 0.667 bits per heavy atom. The van der Waals surface area contributed by atoms with Crippen LogP contribution in [0.15, 0.2) is 0 Å². The summed E-state index contributed by atoms with van der Waals surface area (Å²) in [6, 6.07) is 0. The second-order valence-corrected chi connectivity index (χ2v) is 11.8. The van der Waals surface area contributed by atoms with Crippen molar-refractivity contribution in [1.29, 1.82) is 0 Å². The number of carbonyl (C=O) groups excluding carboxylic acids is 2. The highest BCUT2D eigenvalue weighted by Gasteiger charge is 2.25. The maximum Gasteiger partial charge on any atom is 0.472 e. The lowest BCUT2D eigenvalue weighted by atomic mass is 10.0. The summed E-state index contributed by atoms with van der Waals surface area (Å²) in [5.74, 6) is -0.845. The van der Waals surface area contributed by atoms with Crippen LogP contribution < -0.4 is 5.73 Å². The fraction of sp³-hybridized carbons (Fsp3) is 0.931. The third kappa shape index (κ3) is 27.0. The Balaban J connectivity index is 4.17. The summed E-state index contributed by atoms with van der Waals surface area (Å²) in [5.41, 5.74) is 5.28. The molecular weight excluding hydrogens is 521 g/mol. The Labute approximate surface area is 237 Å². The second kappa shape index (κ2) is 27.2. The summed E-state index contributed by atoms with van der Waals surface area (Å²) in [6.45, 7) is 3.58. The standard InChI is InChI=1S/C29H58NO8P/c1-3-5-7-9-10-11-12-13-14-15-16-17-18-20-22-29(32)38-27(26-37-39(33,34)36-24-23-30)25-35-28(31)21-19-8-6-4-2/h27H,3-26,30H2,1-2H3,(H,33,34)/t27-/m1/s1. The first-order valence-corrected chi connectivity index (χ1v) is 17.0. The molecule has 0 aromatic rings. The van der Waals surface area contributed by atoms with Crippen LogP contribution in [0.4, 0.5) is 0 Å². The molecule has 0 aliphatic heterocycles. The SMILES string of the molecule is CCCCCCCCCCCCCCCCC(=O)O[C@H](COC(=O)CCCCCC)COP(=O)(O)OCCN. The van der Waals surface area contributed by atoms with Crippen LogP contribution in [0.1, 0.15) is 142 Å². The number of rotatable bonds is 29. The average Bonchev–Trinajstić information content (AvgIpc) is 2.91. The number of phosphoric acid groups is 1. The van der Waals surface area contributed by atoms with E-state index < -0.39 is 32.5 Å². The van der Waals surface area contributed by atoms with Crippen LogP contribution in [-0.2, 0) is 32.7 Å². The Hall–Kier alpha value is -0.990. The lowest BCUT2D eigenvalue weighted by Crippen LogP contribution is -2.29. The van der Waals surface area contributed by atoms with Gasteiger partial charge in [-0.15, -0.1) is 0 Å². The molecule has 0 bridgehead atoms. The van der Waals surface area contributed by atoms with Crippen LogP contribution in [-0.4, -0.2) is 49.3 Å². The van der Waals surface area contributed by atoms with Gasteiger partial charge in [0.2, 0.25) is 0 Å². The summed E-state index contributed by atoms with van der Waals surface area (Å²) < 4.78 is 32.2. The van der Waals surface area contributed by atoms with Gasteiger partial charge >= 0.3 is 19.8 Å². The first kappa shape index (κ1) is 38.0. The molecule has 10 heteroatoms. The molecule has 2 atom stereocenters. The van der Waals surface area contributed by atoms with Gasteiger partial charge in [-0.25, -0.2) is 4.57 Å². The zero-order valence-electron chi connectivity index (χ0n) is 24.9. The van der Waals surface area contributed by atoms with Gasteiger partial charge in [0, 0.05) is 19.4 Å². The van der Waals surface area contributed by atoms with Crippen molar-refractivity contribution in [2.75, 3.05) is 26.4 Å². The molecule has 0 saturated heterocycles. The quantitative estimate of drug-likeness (QED) is 0.0529. The Kier molecular flexibility index (Phi) is 26.5. The van der Waals surface area contributed by atoms with Crippen LogP contribution in [0.3, 0.4) is 0 Å². The molecule has 0 spiro atoms. The van der Waals surface area contributed by atoms with Gasteiger partial charge in [0.1, 0.15) is 6.61 Å². The summed E-state index contributed by atoms with van der Waals surface area (Å²) in [5, 5.41) is 0. The number of nitrogens with two attached hydrogens (primary N) is 1. The molecular formula is C29H58NO8P. The minimum Gasteiger partial charge on any atom is -0.462 e. The van der Waals surface area contributed by atoms with E-state index in [1.54, 1.807) is 0 Å². The van der Waals surface area contributed by atoms with Gasteiger partial charge in [-0.3, -0.25) is 18.6 Å². The van der Waals surface area contributed by atoms with E-state index in [0.29, 0.717) is 6.42 Å². The predicted molar refractivity (Wildman–Crippen MR) is 155 cm³/mol. The molecule has 0 saturated carbocycles. The third-order valence-corrected chi connectivity index (χ3v) is 7.48. The first-order valence-electron chi connectivity index (χ1n) is 15.5. The van der Waals surface area contributed by atoms with Crippen LogP contribution >= 0.6 is 7.82 Å². The maximum atomic E-state index is 12.4. The lowest BCUT2D eigenvalue weighted by Gasteiger charge is -2.19. The van der Waals surface area contributed by atoms with E-state index in [0.717, 1.165) is 38.5 Å². The minimum absolute atomic E-state index is 0.0567. The Morgan fingerprint density at radius 3 is 1.59 bits per heavy atom. The maximum absolute atomic E-state index is 12.4. The largest absolute Gasteiger partial charge is 0.472 e. The molecule has 3 N–H and O–H groups in total. The van der Waals surface area contributed by atoms with E-state index in [9.17, 15) is 19.0 Å². The normalized spacial score (nSPS) is 13.6. The van der Waals surface area contributed by atoms with Crippen molar-refractivity contribution in [2.45, 2.75) is 148 Å². The number of esters is 2. The van der Waals surface area contributed by atoms with Crippen molar-refractivity contribution in [2.24, 2.45) is 5.73 Å². The lowest BCUT2D eigenvalue weighted by molar-refractivity contribution is -0.161. The van der Waals surface area contributed by atoms with Gasteiger partial charge in [0.15, 0.2) is 6.10 Å². The van der Waals surface area contributed by atoms with Gasteiger partial charge < -0.3 is 20.1 Å². The van der Waals surface area contributed by atoms with Crippen molar-refractivity contribution in [3.05, 3.63) is 0 Å². The third-order valence-electron chi connectivity index (χ3n) is 6.49. The van der Waals surface area contributed by atoms with Crippen molar-refractivity contribution in [3.8, 4) is 0 Å². The van der Waals surface area contributed by atoms with E-state index in [4.69, 9.17) is 24.3 Å². The van der Waals surface area contributed by atoms with Gasteiger partial charge in [-0.2, -0.15) is 0 Å². The van der Waals surface area contributed by atoms with E-state index in [1.807, 2.05) is 0 Å². The van der Waals surface area contributed by atoms with Crippen molar-refractivity contribution in [1.82, 2.24) is 0 Å². The number of ether oxygens (including phenoxy) is 2. The molecule has 0 fully saturated rings. The summed E-state index contributed by atoms with van der Waals surface area (Å²) in [4.78, 5) is 34.1. The number of unbranched alkanes of at least 4 members (excludes halogenated alkanes) is 16. The predicted octanol–water partition coefficient (Wildman–Crippen LogP) is 7.38. The zero-order chi connectivity index (χ0) is 29.0. The molecule has 232 valence electrons. The van der Waals surface area contributed by atoms with Crippen molar-refractivity contribution >= 4 is 19.8 Å². The number of phosphoric ester groups is 1. The van der Waals surface area contributed by atoms with Crippen LogP contribution in [0, 0.1) is 0 Å². The second-order valence-electron chi connectivity index (χ2n) is 10.3. The van der Waals surface area contributed by atoms with Crippen molar-refractivity contribution in [3.63, 3.8) is 0 Å². The van der Waals surface area contributed by atoms with E-state index in [1.165, 1.54) is 70.6 Å². The fourth-order valence-corrected chi connectivity index (χ4v) is 4.93.